The third-order valence-electron chi connectivity index (χ3n) is 15.1. The molecule has 3 nitrogen and oxygen atoms in total. The number of allylic oxidation sites excluding steroid dienone is 5. The molecule has 0 saturated heterocycles. The molecule has 0 amide bonds. The van der Waals surface area contributed by atoms with E-state index in [0.717, 1.165) is 31.1 Å². The van der Waals surface area contributed by atoms with Crippen molar-refractivity contribution >= 4 is 5.97 Å². The zero-order chi connectivity index (χ0) is 29.6. The molecule has 0 heterocycles. The standard InChI is InChI=1S/C38H59NO2/c1-9-41-33(40)26-12-10-25(11-13-26)28-17-19-35(6)30(34(28,4)5)18-20-37(8)31(35)15-14-29-32-27(24(2)3)16-21-38(32,39)23-22-36(29,37)7/h10,17,26-27,29-32H,2,9,11-16,18-23,39H2,1,3-8H3/t26?,27-,29+,30-,31+,32+,35-,36+,37+,38-/m0/s1. The summed E-state index contributed by atoms with van der Waals surface area (Å²) in [4.78, 5) is 12.4. The highest BCUT2D eigenvalue weighted by Crippen LogP contribution is 2.76. The van der Waals surface area contributed by atoms with Gasteiger partial charge in [0.2, 0.25) is 0 Å². The number of ether oxygens (including phenoxy) is 1. The minimum atomic E-state index is -0.00955. The summed E-state index contributed by atoms with van der Waals surface area (Å²) in [6.07, 6.45) is 19.4. The maximum absolute atomic E-state index is 12.4. The Hall–Kier alpha value is -1.35. The summed E-state index contributed by atoms with van der Waals surface area (Å²) in [6.45, 7) is 22.4. The van der Waals surface area contributed by atoms with Gasteiger partial charge in [0.15, 0.2) is 0 Å². The molecule has 41 heavy (non-hydrogen) atoms. The molecule has 6 rings (SSSR count). The van der Waals surface area contributed by atoms with Gasteiger partial charge in [-0.15, -0.1) is 0 Å². The number of fused-ring (bicyclic) bond motifs is 7. The van der Waals surface area contributed by atoms with Crippen molar-refractivity contribution in [2.24, 2.45) is 62.9 Å². The van der Waals surface area contributed by atoms with Crippen LogP contribution in [0.3, 0.4) is 0 Å². The van der Waals surface area contributed by atoms with Gasteiger partial charge in [0, 0.05) is 5.54 Å². The molecule has 3 heteroatoms. The molecule has 0 aromatic heterocycles. The molecule has 0 aromatic rings. The van der Waals surface area contributed by atoms with Crippen molar-refractivity contribution in [3.63, 3.8) is 0 Å². The molecular weight excluding hydrogens is 502 g/mol. The van der Waals surface area contributed by atoms with E-state index < -0.39 is 0 Å². The molecular formula is C38H59NO2. The van der Waals surface area contributed by atoms with Gasteiger partial charge >= 0.3 is 5.97 Å². The first-order valence-corrected chi connectivity index (χ1v) is 17.2. The number of esters is 1. The summed E-state index contributed by atoms with van der Waals surface area (Å²) in [6, 6.07) is 0. The number of carbonyl (C=O) groups is 1. The van der Waals surface area contributed by atoms with Crippen molar-refractivity contribution in [2.75, 3.05) is 6.61 Å². The van der Waals surface area contributed by atoms with Gasteiger partial charge in [0.25, 0.3) is 0 Å². The van der Waals surface area contributed by atoms with E-state index in [-0.39, 0.29) is 22.8 Å². The van der Waals surface area contributed by atoms with Gasteiger partial charge in [-0.05, 0) is 153 Å². The lowest BCUT2D eigenvalue weighted by Gasteiger charge is -2.72. The Bertz CT molecular complexity index is 1160. The van der Waals surface area contributed by atoms with E-state index in [9.17, 15) is 4.79 Å². The lowest BCUT2D eigenvalue weighted by Crippen LogP contribution is -2.67. The van der Waals surface area contributed by atoms with Gasteiger partial charge in [0.1, 0.15) is 0 Å². The fourth-order valence-corrected chi connectivity index (χ4v) is 12.9. The van der Waals surface area contributed by atoms with Crippen LogP contribution in [0.25, 0.3) is 0 Å². The van der Waals surface area contributed by atoms with Gasteiger partial charge in [0.05, 0.1) is 12.5 Å². The monoisotopic (exact) mass is 561 g/mol. The van der Waals surface area contributed by atoms with E-state index in [1.807, 2.05) is 6.92 Å². The second kappa shape index (κ2) is 9.83. The summed E-state index contributed by atoms with van der Waals surface area (Å²) in [5, 5.41) is 0. The van der Waals surface area contributed by atoms with E-state index in [2.05, 4.69) is 60.3 Å². The Morgan fingerprint density at radius 3 is 2.37 bits per heavy atom. The second-order valence-electron chi connectivity index (χ2n) is 16.9. The maximum atomic E-state index is 12.4. The Morgan fingerprint density at radius 2 is 1.71 bits per heavy atom. The van der Waals surface area contributed by atoms with Gasteiger partial charge < -0.3 is 10.5 Å². The second-order valence-corrected chi connectivity index (χ2v) is 16.9. The van der Waals surface area contributed by atoms with E-state index >= 15 is 0 Å². The zero-order valence-corrected chi connectivity index (χ0v) is 27.4. The lowest BCUT2D eigenvalue weighted by atomic mass is 9.33. The third-order valence-corrected chi connectivity index (χ3v) is 15.1. The van der Waals surface area contributed by atoms with Gasteiger partial charge in [-0.3, -0.25) is 4.79 Å². The van der Waals surface area contributed by atoms with Crippen LogP contribution in [-0.2, 0) is 9.53 Å². The highest BCUT2D eigenvalue weighted by Gasteiger charge is 2.70. The fraction of sp³-hybridized carbons (Fsp3) is 0.816. The van der Waals surface area contributed by atoms with Crippen molar-refractivity contribution in [3.8, 4) is 0 Å². The fourth-order valence-electron chi connectivity index (χ4n) is 12.9. The first-order valence-electron chi connectivity index (χ1n) is 17.2. The van der Waals surface area contributed by atoms with Crippen LogP contribution in [0.15, 0.2) is 35.5 Å². The molecule has 228 valence electrons. The van der Waals surface area contributed by atoms with Crippen LogP contribution in [0, 0.1) is 57.2 Å². The number of hydrogen-bond acceptors (Lipinski definition) is 3. The number of hydrogen-bond donors (Lipinski definition) is 1. The molecule has 6 aliphatic carbocycles. The van der Waals surface area contributed by atoms with Crippen LogP contribution in [0.4, 0.5) is 0 Å². The van der Waals surface area contributed by atoms with E-state index in [4.69, 9.17) is 10.5 Å². The van der Waals surface area contributed by atoms with E-state index in [1.54, 1.807) is 5.57 Å². The smallest absolute Gasteiger partial charge is 0.309 e. The molecule has 4 saturated carbocycles. The first kappa shape index (κ1) is 29.7. The van der Waals surface area contributed by atoms with Crippen molar-refractivity contribution < 1.29 is 9.53 Å². The Labute approximate surface area is 251 Å². The lowest BCUT2D eigenvalue weighted by molar-refractivity contribution is -0.219. The third kappa shape index (κ3) is 4.09. The Balaban J connectivity index is 1.29. The molecule has 2 N–H and O–H groups in total. The molecule has 10 atom stereocenters. The molecule has 4 fully saturated rings. The summed E-state index contributed by atoms with van der Waals surface area (Å²) >= 11 is 0. The topological polar surface area (TPSA) is 52.3 Å². The molecule has 6 aliphatic rings. The van der Waals surface area contributed by atoms with Crippen molar-refractivity contribution in [3.05, 3.63) is 35.5 Å². The van der Waals surface area contributed by atoms with Crippen LogP contribution >= 0.6 is 0 Å². The number of carbonyl (C=O) groups excluding carboxylic acids is 1. The summed E-state index contributed by atoms with van der Waals surface area (Å²) < 4.78 is 5.34. The van der Waals surface area contributed by atoms with Crippen LogP contribution in [0.1, 0.15) is 126 Å². The van der Waals surface area contributed by atoms with Crippen LogP contribution in [0.5, 0.6) is 0 Å². The molecule has 0 bridgehead atoms. The highest BCUT2D eigenvalue weighted by atomic mass is 16.5. The Kier molecular flexibility index (Phi) is 7.12. The van der Waals surface area contributed by atoms with Crippen LogP contribution < -0.4 is 5.73 Å². The maximum Gasteiger partial charge on any atom is 0.309 e. The average Bonchev–Trinajstić information content (AvgIpc) is 3.27. The minimum absolute atomic E-state index is 0.00955. The summed E-state index contributed by atoms with van der Waals surface area (Å²) in [5.41, 5.74) is 13.0. The average molecular weight is 562 g/mol. The molecule has 0 spiro atoms. The van der Waals surface area contributed by atoms with Crippen LogP contribution in [0.2, 0.25) is 0 Å². The van der Waals surface area contributed by atoms with Crippen LogP contribution in [-0.4, -0.2) is 18.1 Å². The molecule has 0 aliphatic heterocycles. The Morgan fingerprint density at radius 1 is 0.951 bits per heavy atom. The zero-order valence-electron chi connectivity index (χ0n) is 27.4. The highest BCUT2D eigenvalue weighted by molar-refractivity contribution is 5.73. The largest absolute Gasteiger partial charge is 0.466 e. The van der Waals surface area contributed by atoms with Crippen molar-refractivity contribution in [1.29, 1.82) is 0 Å². The summed E-state index contributed by atoms with van der Waals surface area (Å²) in [7, 11) is 0. The molecule has 0 aromatic carbocycles. The predicted molar refractivity (Wildman–Crippen MR) is 169 cm³/mol. The summed E-state index contributed by atoms with van der Waals surface area (Å²) in [5.74, 6) is 3.45. The SMILES string of the molecule is C=C(C)[C@@H]1CC[C@]2(N)CC[C@]3(C)[C@H](CC[C@@H]4[C@@]5(C)CC=C(C6=CCC(C(=O)OCC)CC6)C(C)(C)[C@@H]5CC[C@]43C)[C@@H]12. The van der Waals surface area contributed by atoms with E-state index in [1.165, 1.54) is 68.9 Å². The molecule has 1 unspecified atom stereocenters. The van der Waals surface area contributed by atoms with Gasteiger partial charge in [-0.25, -0.2) is 0 Å². The van der Waals surface area contributed by atoms with Crippen molar-refractivity contribution in [1.82, 2.24) is 0 Å². The van der Waals surface area contributed by atoms with E-state index in [0.29, 0.717) is 40.6 Å². The van der Waals surface area contributed by atoms with Crippen molar-refractivity contribution in [2.45, 2.75) is 131 Å². The number of rotatable bonds is 4. The minimum Gasteiger partial charge on any atom is -0.466 e. The van der Waals surface area contributed by atoms with Gasteiger partial charge in [-0.2, -0.15) is 0 Å². The normalized spacial score (nSPS) is 48.5. The predicted octanol–water partition coefficient (Wildman–Crippen LogP) is 9.18. The van der Waals surface area contributed by atoms with Gasteiger partial charge in [-0.1, -0.05) is 58.9 Å². The quantitative estimate of drug-likeness (QED) is 0.275. The number of nitrogens with two attached hydrogens (primary N) is 1. The molecule has 0 radical (unpaired) electrons. The first-order chi connectivity index (χ1) is 19.2.